The predicted molar refractivity (Wildman–Crippen MR) is 165 cm³/mol. The lowest BCUT2D eigenvalue weighted by atomic mass is 10.1. The van der Waals surface area contributed by atoms with E-state index in [-0.39, 0.29) is 17.6 Å². The molecule has 1 fully saturated rings. The number of piperazine rings is 1. The molecule has 1 N–H and O–H groups in total. The topological polar surface area (TPSA) is 74.4 Å². The van der Waals surface area contributed by atoms with Gasteiger partial charge < -0.3 is 24.6 Å². The van der Waals surface area contributed by atoms with Crippen molar-refractivity contribution in [3.8, 4) is 11.5 Å². The number of hydrogen-bond donors (Lipinski definition) is 1. The zero-order valence-corrected chi connectivity index (χ0v) is 24.9. The summed E-state index contributed by atoms with van der Waals surface area (Å²) in [5, 5.41) is 3.01. The number of nitrogens with one attached hydrogen (secondary N) is 1. The van der Waals surface area contributed by atoms with Gasteiger partial charge in [0.05, 0.1) is 30.5 Å². The molecule has 0 bridgehead atoms. The van der Waals surface area contributed by atoms with E-state index in [4.69, 9.17) is 9.47 Å². The maximum absolute atomic E-state index is 14.1. The van der Waals surface area contributed by atoms with E-state index >= 15 is 0 Å². The van der Waals surface area contributed by atoms with Crippen molar-refractivity contribution >= 4 is 41.0 Å². The van der Waals surface area contributed by atoms with Gasteiger partial charge in [-0.1, -0.05) is 30.0 Å². The lowest BCUT2D eigenvalue weighted by molar-refractivity contribution is -0.114. The van der Waals surface area contributed by atoms with E-state index in [9.17, 15) is 14.0 Å². The van der Waals surface area contributed by atoms with Crippen molar-refractivity contribution in [1.29, 1.82) is 0 Å². The Morgan fingerprint density at radius 2 is 1.74 bits per heavy atom. The number of thioether (sulfide) groups is 1. The second-order valence-electron chi connectivity index (χ2n) is 10.2. The van der Waals surface area contributed by atoms with E-state index in [1.807, 2.05) is 36.4 Å². The molecule has 10 heteroatoms. The van der Waals surface area contributed by atoms with Gasteiger partial charge >= 0.3 is 0 Å². The molecule has 2 heterocycles. The Morgan fingerprint density at radius 1 is 0.976 bits per heavy atom. The third-order valence-electron chi connectivity index (χ3n) is 7.53. The van der Waals surface area contributed by atoms with Crippen molar-refractivity contribution < 1.29 is 23.5 Å². The number of carbonyl (C=O) groups is 2. The first-order valence-electron chi connectivity index (χ1n) is 13.9. The number of ether oxygens (including phenoxy) is 2. The van der Waals surface area contributed by atoms with Crippen molar-refractivity contribution in [3.63, 3.8) is 0 Å². The molecule has 42 heavy (non-hydrogen) atoms. The lowest BCUT2D eigenvalue weighted by Gasteiger charge is -2.36. The van der Waals surface area contributed by atoms with Gasteiger partial charge in [-0.3, -0.25) is 14.5 Å². The first-order valence-corrected chi connectivity index (χ1v) is 14.7. The van der Waals surface area contributed by atoms with Crippen LogP contribution in [-0.4, -0.2) is 77.3 Å². The fourth-order valence-electron chi connectivity index (χ4n) is 5.16. The largest absolute Gasteiger partial charge is 0.493 e. The molecule has 0 spiro atoms. The van der Waals surface area contributed by atoms with Crippen LogP contribution in [0.15, 0.2) is 70.5 Å². The lowest BCUT2D eigenvalue weighted by Crippen LogP contribution is -2.47. The monoisotopic (exact) mass is 590 g/mol. The molecule has 0 saturated carbocycles. The highest BCUT2D eigenvalue weighted by molar-refractivity contribution is 8.04. The minimum Gasteiger partial charge on any atom is -0.493 e. The van der Waals surface area contributed by atoms with Gasteiger partial charge in [0.2, 0.25) is 0 Å². The number of halogens is 1. The van der Waals surface area contributed by atoms with Gasteiger partial charge in [0.15, 0.2) is 11.5 Å². The van der Waals surface area contributed by atoms with E-state index < -0.39 is 0 Å². The Morgan fingerprint density at radius 3 is 2.48 bits per heavy atom. The average molecular weight is 591 g/mol. The summed E-state index contributed by atoms with van der Waals surface area (Å²) in [7, 11) is 4.87. The SMILES string of the molecule is COc1ccc(C=C2Sc3ccc(C(=O)NCCCN4CCN(c5ccccc5F)CC4)cc3N(C)C2=O)cc1OC. The molecule has 2 aliphatic heterocycles. The average Bonchev–Trinajstić information content (AvgIpc) is 3.02. The van der Waals surface area contributed by atoms with Gasteiger partial charge in [0.1, 0.15) is 5.82 Å². The number of benzene rings is 3. The van der Waals surface area contributed by atoms with E-state index in [1.165, 1.54) is 17.8 Å². The number of anilines is 2. The van der Waals surface area contributed by atoms with Crippen molar-refractivity contribution in [2.24, 2.45) is 0 Å². The van der Waals surface area contributed by atoms with Crippen LogP contribution in [0.2, 0.25) is 0 Å². The number of fused-ring (bicyclic) bond motifs is 1. The molecule has 3 aromatic carbocycles. The van der Waals surface area contributed by atoms with Crippen LogP contribution in [0.5, 0.6) is 11.5 Å². The number of likely N-dealkylation sites (N-methyl/N-ethyl adjacent to an activating group) is 1. The van der Waals surface area contributed by atoms with Gasteiger partial charge in [-0.25, -0.2) is 4.39 Å². The summed E-state index contributed by atoms with van der Waals surface area (Å²) in [5.74, 6) is 0.716. The summed E-state index contributed by atoms with van der Waals surface area (Å²) >= 11 is 1.38. The highest BCUT2D eigenvalue weighted by Gasteiger charge is 2.27. The minimum absolute atomic E-state index is 0.144. The molecule has 0 aliphatic carbocycles. The molecule has 1 saturated heterocycles. The number of nitrogens with zero attached hydrogens (tertiary/aromatic N) is 3. The van der Waals surface area contributed by atoms with Crippen molar-refractivity contribution in [1.82, 2.24) is 10.2 Å². The molecule has 0 unspecified atom stereocenters. The van der Waals surface area contributed by atoms with Crippen molar-refractivity contribution in [2.75, 3.05) is 70.3 Å². The molecule has 0 radical (unpaired) electrons. The number of hydrogen-bond acceptors (Lipinski definition) is 7. The molecule has 0 aromatic heterocycles. The third-order valence-corrected chi connectivity index (χ3v) is 8.60. The van der Waals surface area contributed by atoms with E-state index in [0.29, 0.717) is 39.9 Å². The van der Waals surface area contributed by atoms with Crippen LogP contribution >= 0.6 is 11.8 Å². The first kappa shape index (κ1) is 29.5. The maximum Gasteiger partial charge on any atom is 0.264 e. The summed E-state index contributed by atoms with van der Waals surface area (Å²) in [6, 6.07) is 17.8. The molecule has 5 rings (SSSR count). The molecular formula is C32H35FN4O4S. The van der Waals surface area contributed by atoms with Crippen LogP contribution in [0, 0.1) is 5.82 Å². The van der Waals surface area contributed by atoms with Crippen LogP contribution in [-0.2, 0) is 4.79 Å². The first-order chi connectivity index (χ1) is 20.4. The maximum atomic E-state index is 14.1. The Kier molecular flexibility index (Phi) is 9.34. The standard InChI is InChI=1S/C32H35FN4O4S/c1-35-26-21-23(10-12-29(26)42-30(32(35)39)20-22-9-11-27(40-2)28(19-22)41-3)31(38)34-13-6-14-36-15-17-37(18-16-36)25-8-5-4-7-24(25)33/h4-5,7-12,19-21H,6,13-18H2,1-3H3,(H,34,38). The fourth-order valence-corrected chi connectivity index (χ4v) is 6.25. The summed E-state index contributed by atoms with van der Waals surface area (Å²) in [4.78, 5) is 33.6. The van der Waals surface area contributed by atoms with E-state index in [0.717, 1.165) is 49.6 Å². The molecule has 8 nitrogen and oxygen atoms in total. The van der Waals surface area contributed by atoms with Gasteiger partial charge in [0.25, 0.3) is 11.8 Å². The highest BCUT2D eigenvalue weighted by Crippen LogP contribution is 2.42. The Hall–Kier alpha value is -4.02. The van der Waals surface area contributed by atoms with Gasteiger partial charge in [-0.15, -0.1) is 0 Å². The van der Waals surface area contributed by atoms with Gasteiger partial charge in [-0.05, 0) is 67.1 Å². The molecule has 220 valence electrons. The number of carbonyl (C=O) groups excluding carboxylic acids is 2. The van der Waals surface area contributed by atoms with Crippen LogP contribution in [0.3, 0.4) is 0 Å². The highest BCUT2D eigenvalue weighted by atomic mass is 32.2. The second-order valence-corrected chi connectivity index (χ2v) is 11.2. The van der Waals surface area contributed by atoms with Crippen LogP contribution in [0.1, 0.15) is 22.3 Å². The normalized spacial score (nSPS) is 16.4. The number of methoxy groups -OCH3 is 2. The van der Waals surface area contributed by atoms with Crippen molar-refractivity contribution in [2.45, 2.75) is 11.3 Å². The molecule has 3 aromatic rings. The zero-order chi connectivity index (χ0) is 29.6. The van der Waals surface area contributed by atoms with Crippen LogP contribution in [0.25, 0.3) is 6.08 Å². The smallest absolute Gasteiger partial charge is 0.264 e. The van der Waals surface area contributed by atoms with Gasteiger partial charge in [0, 0.05) is 50.2 Å². The quantitative estimate of drug-likeness (QED) is 0.281. The Bertz CT molecular complexity index is 1490. The number of para-hydroxylation sites is 1. The summed E-state index contributed by atoms with van der Waals surface area (Å²) < 4.78 is 24.8. The van der Waals surface area contributed by atoms with E-state index in [1.54, 1.807) is 50.4 Å². The fraction of sp³-hybridized carbons (Fsp3) is 0.312. The Balaban J connectivity index is 1.13. The Labute approximate surface area is 250 Å². The third kappa shape index (κ3) is 6.55. The predicted octanol–water partition coefficient (Wildman–Crippen LogP) is 4.89. The molecular weight excluding hydrogens is 555 g/mol. The van der Waals surface area contributed by atoms with E-state index in [2.05, 4.69) is 15.1 Å². The summed E-state index contributed by atoms with van der Waals surface area (Å²) in [6.45, 7) is 4.67. The summed E-state index contributed by atoms with van der Waals surface area (Å²) in [6.07, 6.45) is 2.64. The zero-order valence-electron chi connectivity index (χ0n) is 24.1. The van der Waals surface area contributed by atoms with Crippen molar-refractivity contribution in [3.05, 3.63) is 82.5 Å². The van der Waals surface area contributed by atoms with Gasteiger partial charge in [-0.2, -0.15) is 0 Å². The number of rotatable bonds is 9. The summed E-state index contributed by atoms with van der Waals surface area (Å²) in [5.41, 5.74) is 2.70. The van der Waals surface area contributed by atoms with Crippen LogP contribution in [0.4, 0.5) is 15.8 Å². The van der Waals surface area contributed by atoms with Crippen LogP contribution < -0.4 is 24.6 Å². The molecule has 0 atom stereocenters. The number of amides is 2. The minimum atomic E-state index is -0.184. The molecule has 2 amide bonds. The second kappa shape index (κ2) is 13.3. The molecule has 2 aliphatic rings.